The summed E-state index contributed by atoms with van der Waals surface area (Å²) in [5, 5.41) is 6.72. The third kappa shape index (κ3) is 9.80. The third-order valence-electron chi connectivity index (χ3n) is 2.43. The van der Waals surface area contributed by atoms with Crippen LogP contribution in [0.3, 0.4) is 0 Å². The van der Waals surface area contributed by atoms with Gasteiger partial charge in [-0.1, -0.05) is 33.3 Å². The largest absolute Gasteiger partial charge is 0.386 e. The predicted octanol–water partition coefficient (Wildman–Crippen LogP) is 2.91. The fourth-order valence-electron chi connectivity index (χ4n) is 1.68. The van der Waals surface area contributed by atoms with Crippen molar-refractivity contribution in [1.29, 1.82) is 0 Å². The van der Waals surface area contributed by atoms with E-state index < -0.39 is 0 Å². The summed E-state index contributed by atoms with van der Waals surface area (Å²) in [7, 11) is 0. The highest BCUT2D eigenvalue weighted by molar-refractivity contribution is 4.94. The lowest BCUT2D eigenvalue weighted by Gasteiger charge is -2.14. The van der Waals surface area contributed by atoms with Gasteiger partial charge in [0, 0.05) is 18.3 Å². The normalized spacial score (nSPS) is 12.9. The smallest absolute Gasteiger partial charge is 0.0348 e. The molecule has 0 aromatic heterocycles. The molecule has 0 bridgehead atoms. The Morgan fingerprint density at radius 1 is 1.20 bits per heavy atom. The van der Waals surface area contributed by atoms with Gasteiger partial charge in [0.1, 0.15) is 0 Å². The van der Waals surface area contributed by atoms with Crippen molar-refractivity contribution in [3.63, 3.8) is 0 Å². The van der Waals surface area contributed by atoms with Crippen molar-refractivity contribution in [2.24, 2.45) is 5.92 Å². The third-order valence-corrected chi connectivity index (χ3v) is 2.43. The van der Waals surface area contributed by atoms with E-state index in [2.05, 4.69) is 44.9 Å². The Hall–Kier alpha value is -0.500. The molecule has 1 unspecified atom stereocenters. The molecule has 0 radical (unpaired) electrons. The van der Waals surface area contributed by atoms with Crippen LogP contribution in [0.25, 0.3) is 0 Å². The minimum absolute atomic E-state index is 0.485. The van der Waals surface area contributed by atoms with E-state index >= 15 is 0 Å². The molecule has 0 spiro atoms. The van der Waals surface area contributed by atoms with Gasteiger partial charge in [-0.15, -0.1) is 0 Å². The van der Waals surface area contributed by atoms with Crippen LogP contribution in [-0.2, 0) is 0 Å². The molecule has 0 aliphatic heterocycles. The first-order valence-corrected chi connectivity index (χ1v) is 6.21. The van der Waals surface area contributed by atoms with Crippen LogP contribution in [0.4, 0.5) is 0 Å². The van der Waals surface area contributed by atoms with E-state index in [4.69, 9.17) is 0 Å². The van der Waals surface area contributed by atoms with Crippen molar-refractivity contribution in [1.82, 2.24) is 10.6 Å². The molecule has 0 aliphatic carbocycles. The second-order valence-electron chi connectivity index (χ2n) is 4.76. The number of nitrogens with one attached hydrogen (secondary N) is 2. The van der Waals surface area contributed by atoms with Crippen LogP contribution >= 0.6 is 0 Å². The molecular weight excluding hydrogens is 184 g/mol. The SMILES string of the molecule is C=C(CNCCC(C)CCC)NC(C)C. The predicted molar refractivity (Wildman–Crippen MR) is 69.0 cm³/mol. The fraction of sp³-hybridized carbons (Fsp3) is 0.846. The summed E-state index contributed by atoms with van der Waals surface area (Å²) < 4.78 is 0. The zero-order chi connectivity index (χ0) is 11.7. The van der Waals surface area contributed by atoms with E-state index in [1.807, 2.05) is 0 Å². The molecule has 0 aromatic rings. The summed E-state index contributed by atoms with van der Waals surface area (Å²) in [6.45, 7) is 14.8. The molecule has 0 aliphatic rings. The number of hydrogen-bond acceptors (Lipinski definition) is 2. The summed E-state index contributed by atoms with van der Waals surface area (Å²) >= 11 is 0. The molecule has 2 N–H and O–H groups in total. The van der Waals surface area contributed by atoms with E-state index in [0.717, 1.165) is 24.7 Å². The summed E-state index contributed by atoms with van der Waals surface area (Å²) in [5.41, 5.74) is 1.09. The summed E-state index contributed by atoms with van der Waals surface area (Å²) in [4.78, 5) is 0. The Morgan fingerprint density at radius 2 is 1.87 bits per heavy atom. The first kappa shape index (κ1) is 14.5. The van der Waals surface area contributed by atoms with E-state index in [1.165, 1.54) is 19.3 Å². The van der Waals surface area contributed by atoms with E-state index in [0.29, 0.717) is 6.04 Å². The molecule has 15 heavy (non-hydrogen) atoms. The molecule has 0 amide bonds. The average molecular weight is 212 g/mol. The minimum Gasteiger partial charge on any atom is -0.386 e. The van der Waals surface area contributed by atoms with Gasteiger partial charge in [-0.3, -0.25) is 0 Å². The van der Waals surface area contributed by atoms with Gasteiger partial charge < -0.3 is 10.6 Å². The Balaban J connectivity index is 3.34. The molecule has 0 aromatic carbocycles. The van der Waals surface area contributed by atoms with Crippen molar-refractivity contribution >= 4 is 0 Å². The van der Waals surface area contributed by atoms with Crippen molar-refractivity contribution in [2.75, 3.05) is 13.1 Å². The molecule has 0 heterocycles. The summed E-state index contributed by atoms with van der Waals surface area (Å²) in [6, 6.07) is 0.485. The van der Waals surface area contributed by atoms with Gasteiger partial charge in [0.15, 0.2) is 0 Å². The van der Waals surface area contributed by atoms with Crippen molar-refractivity contribution in [2.45, 2.75) is 53.0 Å². The van der Waals surface area contributed by atoms with Crippen LogP contribution in [0.1, 0.15) is 47.0 Å². The molecule has 1 atom stereocenters. The van der Waals surface area contributed by atoms with Gasteiger partial charge in [-0.05, 0) is 32.7 Å². The average Bonchev–Trinajstić information content (AvgIpc) is 2.12. The van der Waals surface area contributed by atoms with E-state index in [1.54, 1.807) is 0 Å². The Kier molecular flexibility index (Phi) is 8.49. The van der Waals surface area contributed by atoms with Gasteiger partial charge in [0.2, 0.25) is 0 Å². The lowest BCUT2D eigenvalue weighted by atomic mass is 10.0. The van der Waals surface area contributed by atoms with Crippen LogP contribution in [0.15, 0.2) is 12.3 Å². The lowest BCUT2D eigenvalue weighted by molar-refractivity contribution is 0.467. The molecule has 2 heteroatoms. The fourth-order valence-corrected chi connectivity index (χ4v) is 1.68. The van der Waals surface area contributed by atoms with Crippen LogP contribution in [0.2, 0.25) is 0 Å². The Bertz CT molecular complexity index is 164. The monoisotopic (exact) mass is 212 g/mol. The summed E-state index contributed by atoms with van der Waals surface area (Å²) in [6.07, 6.45) is 3.90. The second-order valence-corrected chi connectivity index (χ2v) is 4.76. The first-order chi connectivity index (χ1) is 7.06. The van der Waals surface area contributed by atoms with Gasteiger partial charge in [-0.2, -0.15) is 0 Å². The zero-order valence-corrected chi connectivity index (χ0v) is 10.9. The van der Waals surface area contributed by atoms with Crippen LogP contribution in [-0.4, -0.2) is 19.1 Å². The maximum absolute atomic E-state index is 3.97. The molecule has 2 nitrogen and oxygen atoms in total. The Labute approximate surface area is 95.5 Å². The van der Waals surface area contributed by atoms with Crippen molar-refractivity contribution < 1.29 is 0 Å². The molecular formula is C13H28N2. The quantitative estimate of drug-likeness (QED) is 0.574. The first-order valence-electron chi connectivity index (χ1n) is 6.21. The lowest BCUT2D eigenvalue weighted by Crippen LogP contribution is -2.29. The van der Waals surface area contributed by atoms with Gasteiger partial charge in [0.05, 0.1) is 0 Å². The maximum Gasteiger partial charge on any atom is 0.0348 e. The second kappa shape index (κ2) is 8.78. The van der Waals surface area contributed by atoms with Gasteiger partial charge in [0.25, 0.3) is 0 Å². The Morgan fingerprint density at radius 3 is 2.40 bits per heavy atom. The molecule has 0 saturated heterocycles. The van der Waals surface area contributed by atoms with E-state index in [-0.39, 0.29) is 0 Å². The maximum atomic E-state index is 3.97. The highest BCUT2D eigenvalue weighted by Gasteiger charge is 2.00. The van der Waals surface area contributed by atoms with Crippen LogP contribution in [0, 0.1) is 5.92 Å². The van der Waals surface area contributed by atoms with E-state index in [9.17, 15) is 0 Å². The van der Waals surface area contributed by atoms with Gasteiger partial charge in [-0.25, -0.2) is 0 Å². The molecule has 0 saturated carbocycles. The summed E-state index contributed by atoms with van der Waals surface area (Å²) in [5.74, 6) is 0.842. The number of rotatable bonds is 9. The van der Waals surface area contributed by atoms with Crippen LogP contribution in [0.5, 0.6) is 0 Å². The number of hydrogen-bond donors (Lipinski definition) is 2. The minimum atomic E-state index is 0.485. The van der Waals surface area contributed by atoms with Gasteiger partial charge >= 0.3 is 0 Å². The zero-order valence-electron chi connectivity index (χ0n) is 10.9. The standard InChI is InChI=1S/C13H28N2/c1-6-7-12(4)8-9-14-10-13(5)15-11(2)3/h11-12,14-15H,5-10H2,1-4H3. The van der Waals surface area contributed by atoms with Crippen molar-refractivity contribution in [3.05, 3.63) is 12.3 Å². The highest BCUT2D eigenvalue weighted by atomic mass is 15.0. The highest BCUT2D eigenvalue weighted by Crippen LogP contribution is 2.08. The molecule has 0 rings (SSSR count). The van der Waals surface area contributed by atoms with Crippen molar-refractivity contribution in [3.8, 4) is 0 Å². The topological polar surface area (TPSA) is 24.1 Å². The molecule has 90 valence electrons. The van der Waals surface area contributed by atoms with Crippen LogP contribution < -0.4 is 10.6 Å². The molecule has 0 fully saturated rings.